The number of para-hydroxylation sites is 2. The van der Waals surface area contributed by atoms with Crippen LogP contribution in [0.1, 0.15) is 70.3 Å². The van der Waals surface area contributed by atoms with Crippen molar-refractivity contribution in [1.82, 2.24) is 5.32 Å². The summed E-state index contributed by atoms with van der Waals surface area (Å²) in [5.74, 6) is 0. The zero-order chi connectivity index (χ0) is 16.4. The molecule has 1 saturated carbocycles. The highest BCUT2D eigenvalue weighted by molar-refractivity contribution is 5.92. The third-order valence-corrected chi connectivity index (χ3v) is 6.07. The maximum absolute atomic E-state index is 5.03. The van der Waals surface area contributed by atoms with Crippen molar-refractivity contribution in [3.05, 3.63) is 48.0 Å². The Morgan fingerprint density at radius 1 is 0.708 bits per heavy atom. The minimum Gasteiger partial charge on any atom is -0.247 e. The highest BCUT2D eigenvalue weighted by atomic mass is 14.9. The Labute approximate surface area is 146 Å². The van der Waals surface area contributed by atoms with Gasteiger partial charge in [-0.1, -0.05) is 88.3 Å². The van der Waals surface area contributed by atoms with Crippen molar-refractivity contribution in [1.29, 1.82) is 0 Å². The third-order valence-electron chi connectivity index (χ3n) is 6.07. The van der Waals surface area contributed by atoms with Crippen LogP contribution in [0.4, 0.5) is 11.4 Å². The molecule has 0 N–H and O–H groups in total. The number of fused-ring (bicyclic) bond motifs is 3. The van der Waals surface area contributed by atoms with Crippen LogP contribution in [0, 0.1) is 0 Å². The van der Waals surface area contributed by atoms with E-state index >= 15 is 0 Å². The molecule has 0 aromatic heterocycles. The van der Waals surface area contributed by atoms with Crippen molar-refractivity contribution >= 4 is 11.4 Å². The van der Waals surface area contributed by atoms with Crippen LogP contribution in [0.15, 0.2) is 42.5 Å². The van der Waals surface area contributed by atoms with Gasteiger partial charge in [-0.25, -0.2) is 5.32 Å². The van der Waals surface area contributed by atoms with Gasteiger partial charge >= 0.3 is 0 Å². The average molecular weight is 318 g/mol. The summed E-state index contributed by atoms with van der Waals surface area (Å²) in [5, 5.41) is 5.03. The summed E-state index contributed by atoms with van der Waals surface area (Å²) in [5.41, 5.74) is 6.78. The van der Waals surface area contributed by atoms with E-state index in [1.54, 1.807) is 0 Å². The molecule has 2 aliphatic rings. The molecule has 1 heteroatoms. The molecule has 1 aliphatic carbocycles. The molecule has 0 spiro atoms. The largest absolute Gasteiger partial charge is 0.247 e. The smallest absolute Gasteiger partial charge is 0.0753 e. The molecule has 1 heterocycles. The fraction of sp³-hybridized carbons (Fsp3) is 0.478. The molecule has 0 bridgehead atoms. The molecule has 1 fully saturated rings. The van der Waals surface area contributed by atoms with Crippen LogP contribution in [0.2, 0.25) is 0 Å². The van der Waals surface area contributed by atoms with Gasteiger partial charge < -0.3 is 0 Å². The fourth-order valence-corrected chi connectivity index (χ4v) is 4.60. The quantitative estimate of drug-likeness (QED) is 0.458. The number of nitrogens with zero attached hydrogens (tertiary/aromatic N) is 1. The van der Waals surface area contributed by atoms with Crippen LogP contribution >= 0.6 is 0 Å². The SMILES string of the molecule is CC1(c2cccc3c2[N]c2ccccc2-3)CCCCCCCCC1. The molecule has 24 heavy (non-hydrogen) atoms. The van der Waals surface area contributed by atoms with Gasteiger partial charge in [0, 0.05) is 11.1 Å². The molecule has 0 atom stereocenters. The first-order valence-electron chi connectivity index (χ1n) is 9.73. The summed E-state index contributed by atoms with van der Waals surface area (Å²) >= 11 is 0. The van der Waals surface area contributed by atoms with Gasteiger partial charge in [0.05, 0.1) is 11.4 Å². The van der Waals surface area contributed by atoms with E-state index in [2.05, 4.69) is 49.4 Å². The summed E-state index contributed by atoms with van der Waals surface area (Å²) < 4.78 is 0. The predicted octanol–water partition coefficient (Wildman–Crippen LogP) is 7.02. The summed E-state index contributed by atoms with van der Waals surface area (Å²) in [6.45, 7) is 2.49. The van der Waals surface area contributed by atoms with E-state index in [-0.39, 0.29) is 5.41 Å². The molecule has 1 aliphatic heterocycles. The second-order valence-electron chi connectivity index (χ2n) is 7.87. The lowest BCUT2D eigenvalue weighted by atomic mass is 9.72. The van der Waals surface area contributed by atoms with Crippen molar-refractivity contribution in [2.75, 3.05) is 0 Å². The summed E-state index contributed by atoms with van der Waals surface area (Å²) in [4.78, 5) is 0. The maximum Gasteiger partial charge on any atom is 0.0753 e. The molecular formula is C23H28N. The minimum absolute atomic E-state index is 0.272. The van der Waals surface area contributed by atoms with Gasteiger partial charge in [0.2, 0.25) is 0 Å². The molecule has 2 aromatic rings. The monoisotopic (exact) mass is 318 g/mol. The first-order chi connectivity index (χ1) is 11.8. The minimum atomic E-state index is 0.272. The van der Waals surface area contributed by atoms with Crippen molar-refractivity contribution in [3.8, 4) is 11.1 Å². The lowest BCUT2D eigenvalue weighted by Crippen LogP contribution is -2.23. The highest BCUT2D eigenvalue weighted by Crippen LogP contribution is 2.49. The van der Waals surface area contributed by atoms with Crippen molar-refractivity contribution < 1.29 is 0 Å². The molecule has 125 valence electrons. The molecule has 2 aromatic carbocycles. The van der Waals surface area contributed by atoms with Crippen LogP contribution < -0.4 is 5.32 Å². The van der Waals surface area contributed by atoms with E-state index in [0.29, 0.717) is 0 Å². The van der Waals surface area contributed by atoms with E-state index in [0.717, 1.165) is 5.69 Å². The van der Waals surface area contributed by atoms with Gasteiger partial charge in [-0.05, 0) is 29.9 Å². The van der Waals surface area contributed by atoms with Crippen LogP contribution in [-0.4, -0.2) is 0 Å². The second-order valence-corrected chi connectivity index (χ2v) is 7.87. The molecule has 1 radical (unpaired) electrons. The van der Waals surface area contributed by atoms with Gasteiger partial charge in [0.15, 0.2) is 0 Å². The lowest BCUT2D eigenvalue weighted by molar-refractivity contribution is 0.351. The molecule has 0 saturated heterocycles. The summed E-state index contributed by atoms with van der Waals surface area (Å²) in [7, 11) is 0. The average Bonchev–Trinajstić information content (AvgIpc) is 2.99. The van der Waals surface area contributed by atoms with Crippen molar-refractivity contribution in [2.24, 2.45) is 0 Å². The molecular weight excluding hydrogens is 290 g/mol. The van der Waals surface area contributed by atoms with Gasteiger partial charge in [0.1, 0.15) is 0 Å². The van der Waals surface area contributed by atoms with Crippen LogP contribution in [0.5, 0.6) is 0 Å². The highest BCUT2D eigenvalue weighted by Gasteiger charge is 2.32. The topological polar surface area (TPSA) is 14.1 Å². The van der Waals surface area contributed by atoms with Gasteiger partial charge in [-0.15, -0.1) is 0 Å². The Kier molecular flexibility index (Phi) is 4.35. The molecule has 0 amide bonds. The van der Waals surface area contributed by atoms with Crippen molar-refractivity contribution in [3.63, 3.8) is 0 Å². The second kappa shape index (κ2) is 6.63. The summed E-state index contributed by atoms with van der Waals surface area (Å²) in [6, 6.07) is 15.4. The van der Waals surface area contributed by atoms with Crippen LogP contribution in [0.25, 0.3) is 11.1 Å². The lowest BCUT2D eigenvalue weighted by Gasteiger charge is -2.33. The number of hydrogen-bond acceptors (Lipinski definition) is 0. The Morgan fingerprint density at radius 2 is 1.33 bits per heavy atom. The zero-order valence-electron chi connectivity index (χ0n) is 14.9. The number of rotatable bonds is 1. The van der Waals surface area contributed by atoms with Crippen LogP contribution in [-0.2, 0) is 5.41 Å². The van der Waals surface area contributed by atoms with Gasteiger partial charge in [-0.3, -0.25) is 0 Å². The van der Waals surface area contributed by atoms with E-state index in [1.807, 2.05) is 0 Å². The Balaban J connectivity index is 1.70. The van der Waals surface area contributed by atoms with E-state index in [4.69, 9.17) is 5.32 Å². The summed E-state index contributed by atoms with van der Waals surface area (Å²) in [6.07, 6.45) is 12.4. The Hall–Kier alpha value is -1.76. The van der Waals surface area contributed by atoms with E-state index in [9.17, 15) is 0 Å². The normalized spacial score (nSPS) is 19.9. The first-order valence-corrected chi connectivity index (χ1v) is 9.73. The van der Waals surface area contributed by atoms with Gasteiger partial charge in [-0.2, -0.15) is 0 Å². The third kappa shape index (κ3) is 2.85. The molecule has 4 rings (SSSR count). The van der Waals surface area contributed by atoms with E-state index < -0.39 is 0 Å². The first kappa shape index (κ1) is 15.7. The maximum atomic E-state index is 5.03. The van der Waals surface area contributed by atoms with Crippen molar-refractivity contribution in [2.45, 2.75) is 70.1 Å². The zero-order valence-corrected chi connectivity index (χ0v) is 14.9. The Morgan fingerprint density at radius 3 is 2.08 bits per heavy atom. The molecule has 0 unspecified atom stereocenters. The van der Waals surface area contributed by atoms with Gasteiger partial charge in [0.25, 0.3) is 0 Å². The fourth-order valence-electron chi connectivity index (χ4n) is 4.60. The number of benzene rings is 2. The Bertz CT molecular complexity index is 706. The van der Waals surface area contributed by atoms with E-state index in [1.165, 1.54) is 80.2 Å². The predicted molar refractivity (Wildman–Crippen MR) is 102 cm³/mol. The standard InChI is InChI=1S/C23H28N/c1-23(16-9-5-3-2-4-6-10-17-23)20-14-11-13-19-18-12-7-8-15-21(18)24-22(19)20/h7-8,11-15H,2-6,9-10,16-17H2,1H3. The molecule has 1 nitrogen and oxygen atoms in total. The number of hydrogen-bond donors (Lipinski definition) is 0. The van der Waals surface area contributed by atoms with Crippen LogP contribution in [0.3, 0.4) is 0 Å².